The predicted molar refractivity (Wildman–Crippen MR) is 87.5 cm³/mol. The van der Waals surface area contributed by atoms with Crippen molar-refractivity contribution in [3.05, 3.63) is 58.1 Å². The molecular weight excluding hydrogens is 314 g/mol. The third-order valence-electron chi connectivity index (χ3n) is 3.41. The minimum absolute atomic E-state index is 0.308. The average Bonchev–Trinajstić information content (AvgIpc) is 2.46. The van der Waals surface area contributed by atoms with Gasteiger partial charge < -0.3 is 10.1 Å². The van der Waals surface area contributed by atoms with E-state index in [0.29, 0.717) is 6.04 Å². The van der Waals surface area contributed by atoms with Gasteiger partial charge in [-0.25, -0.2) is 0 Å². The lowest BCUT2D eigenvalue weighted by Gasteiger charge is -2.18. The Morgan fingerprint density at radius 1 is 1.20 bits per heavy atom. The molecule has 20 heavy (non-hydrogen) atoms. The van der Waals surface area contributed by atoms with Crippen LogP contribution in [-0.4, -0.2) is 7.05 Å². The third-order valence-corrected chi connectivity index (χ3v) is 4.30. The van der Waals surface area contributed by atoms with Crippen LogP contribution in [0.4, 0.5) is 0 Å². The van der Waals surface area contributed by atoms with Gasteiger partial charge in [-0.2, -0.15) is 0 Å². The number of para-hydroxylation sites is 1. The quantitative estimate of drug-likeness (QED) is 0.809. The molecule has 0 aromatic heterocycles. The zero-order valence-electron chi connectivity index (χ0n) is 12.1. The van der Waals surface area contributed by atoms with Crippen LogP contribution in [0.3, 0.4) is 0 Å². The molecule has 1 atom stereocenters. The highest BCUT2D eigenvalue weighted by molar-refractivity contribution is 9.10. The second-order valence-corrected chi connectivity index (χ2v) is 5.65. The van der Waals surface area contributed by atoms with Crippen LogP contribution in [0.5, 0.6) is 11.5 Å². The average molecular weight is 334 g/mol. The highest BCUT2D eigenvalue weighted by Gasteiger charge is 2.13. The minimum Gasteiger partial charge on any atom is -0.457 e. The maximum atomic E-state index is 6.07. The van der Waals surface area contributed by atoms with Crippen molar-refractivity contribution in [1.29, 1.82) is 0 Å². The predicted octanol–water partition coefficient (Wildman–Crippen LogP) is 5.22. The van der Waals surface area contributed by atoms with Crippen molar-refractivity contribution in [2.75, 3.05) is 7.05 Å². The lowest BCUT2D eigenvalue weighted by Crippen LogP contribution is -2.15. The van der Waals surface area contributed by atoms with E-state index < -0.39 is 0 Å². The number of halogens is 1. The molecule has 106 valence electrons. The van der Waals surface area contributed by atoms with E-state index in [2.05, 4.69) is 47.2 Å². The maximum Gasteiger partial charge on any atom is 0.132 e. The Morgan fingerprint density at radius 3 is 2.60 bits per heavy atom. The van der Waals surface area contributed by atoms with Crippen LogP contribution in [0.25, 0.3) is 0 Å². The van der Waals surface area contributed by atoms with Crippen LogP contribution in [0, 0.1) is 6.92 Å². The molecule has 1 N–H and O–H groups in total. The van der Waals surface area contributed by atoms with Gasteiger partial charge in [0.15, 0.2) is 0 Å². The maximum absolute atomic E-state index is 6.07. The molecule has 2 nitrogen and oxygen atoms in total. The van der Waals surface area contributed by atoms with E-state index >= 15 is 0 Å². The van der Waals surface area contributed by atoms with Gasteiger partial charge in [0.1, 0.15) is 11.5 Å². The number of nitrogens with one attached hydrogen (secondary N) is 1. The van der Waals surface area contributed by atoms with Gasteiger partial charge in [0.05, 0.1) is 0 Å². The van der Waals surface area contributed by atoms with E-state index in [1.54, 1.807) is 0 Å². The standard InChI is InChI=1S/C17H20BrNO/c1-4-16(19-3)14-7-5-6-8-17(14)20-13-9-10-15(18)12(2)11-13/h5-11,16,19H,4H2,1-3H3. The highest BCUT2D eigenvalue weighted by Crippen LogP contribution is 2.32. The zero-order valence-corrected chi connectivity index (χ0v) is 13.7. The van der Waals surface area contributed by atoms with E-state index in [0.717, 1.165) is 22.4 Å². The Labute approximate surface area is 129 Å². The van der Waals surface area contributed by atoms with Crippen molar-refractivity contribution < 1.29 is 4.74 Å². The van der Waals surface area contributed by atoms with Crippen LogP contribution >= 0.6 is 15.9 Å². The molecule has 3 heteroatoms. The first-order valence-electron chi connectivity index (χ1n) is 6.86. The fourth-order valence-corrected chi connectivity index (χ4v) is 2.50. The molecule has 0 aliphatic heterocycles. The second kappa shape index (κ2) is 6.91. The topological polar surface area (TPSA) is 21.3 Å². The molecule has 0 saturated heterocycles. The van der Waals surface area contributed by atoms with Gasteiger partial charge in [-0.3, -0.25) is 0 Å². The zero-order chi connectivity index (χ0) is 14.5. The smallest absolute Gasteiger partial charge is 0.132 e. The molecule has 0 amide bonds. The van der Waals surface area contributed by atoms with Gasteiger partial charge in [-0.1, -0.05) is 41.1 Å². The number of ether oxygens (including phenoxy) is 1. The van der Waals surface area contributed by atoms with Crippen molar-refractivity contribution in [3.63, 3.8) is 0 Å². The Morgan fingerprint density at radius 2 is 1.95 bits per heavy atom. The summed E-state index contributed by atoms with van der Waals surface area (Å²) in [4.78, 5) is 0. The van der Waals surface area contributed by atoms with Gasteiger partial charge in [-0.05, 0) is 50.2 Å². The molecule has 0 spiro atoms. The van der Waals surface area contributed by atoms with Crippen molar-refractivity contribution in [2.45, 2.75) is 26.3 Å². The monoisotopic (exact) mass is 333 g/mol. The van der Waals surface area contributed by atoms with Gasteiger partial charge in [-0.15, -0.1) is 0 Å². The molecule has 2 aromatic rings. The minimum atomic E-state index is 0.308. The number of aryl methyl sites for hydroxylation is 1. The van der Waals surface area contributed by atoms with Gasteiger partial charge in [0.2, 0.25) is 0 Å². The van der Waals surface area contributed by atoms with E-state index in [9.17, 15) is 0 Å². The normalized spacial score (nSPS) is 12.2. The first-order valence-corrected chi connectivity index (χ1v) is 7.65. The summed E-state index contributed by atoms with van der Waals surface area (Å²) in [6, 6.07) is 14.5. The summed E-state index contributed by atoms with van der Waals surface area (Å²) in [5, 5.41) is 3.33. The molecule has 2 rings (SSSR count). The fraction of sp³-hybridized carbons (Fsp3) is 0.294. The number of hydrogen-bond acceptors (Lipinski definition) is 2. The first kappa shape index (κ1) is 15.1. The number of benzene rings is 2. The van der Waals surface area contributed by atoms with Crippen molar-refractivity contribution in [3.8, 4) is 11.5 Å². The summed E-state index contributed by atoms with van der Waals surface area (Å²) in [7, 11) is 1.98. The van der Waals surface area contributed by atoms with Crippen LogP contribution < -0.4 is 10.1 Å². The van der Waals surface area contributed by atoms with Crippen LogP contribution in [0.2, 0.25) is 0 Å². The van der Waals surface area contributed by atoms with E-state index in [1.807, 2.05) is 37.4 Å². The summed E-state index contributed by atoms with van der Waals surface area (Å²) >= 11 is 3.51. The van der Waals surface area contributed by atoms with Crippen LogP contribution in [0.1, 0.15) is 30.5 Å². The molecule has 0 bridgehead atoms. The number of rotatable bonds is 5. The summed E-state index contributed by atoms with van der Waals surface area (Å²) in [6.45, 7) is 4.23. The Kier molecular flexibility index (Phi) is 5.21. The molecule has 2 aromatic carbocycles. The summed E-state index contributed by atoms with van der Waals surface area (Å²) < 4.78 is 7.17. The lowest BCUT2D eigenvalue weighted by atomic mass is 10.0. The molecule has 1 unspecified atom stereocenters. The van der Waals surface area contributed by atoms with E-state index in [1.165, 1.54) is 11.1 Å². The molecule has 0 aliphatic carbocycles. The van der Waals surface area contributed by atoms with Crippen molar-refractivity contribution in [1.82, 2.24) is 5.32 Å². The van der Waals surface area contributed by atoms with Crippen molar-refractivity contribution in [2.24, 2.45) is 0 Å². The molecule has 0 radical (unpaired) electrons. The third kappa shape index (κ3) is 3.41. The largest absolute Gasteiger partial charge is 0.457 e. The SMILES string of the molecule is CCC(NC)c1ccccc1Oc1ccc(Br)c(C)c1. The molecule has 0 heterocycles. The molecule has 0 aliphatic rings. The van der Waals surface area contributed by atoms with Gasteiger partial charge >= 0.3 is 0 Å². The summed E-state index contributed by atoms with van der Waals surface area (Å²) in [5.41, 5.74) is 2.36. The number of hydrogen-bond donors (Lipinski definition) is 1. The molecule has 0 saturated carbocycles. The first-order chi connectivity index (χ1) is 9.65. The molecule has 0 fully saturated rings. The molecular formula is C17H20BrNO. The van der Waals surface area contributed by atoms with Crippen LogP contribution in [0.15, 0.2) is 46.9 Å². The van der Waals surface area contributed by atoms with Crippen molar-refractivity contribution >= 4 is 15.9 Å². The van der Waals surface area contributed by atoms with Gasteiger partial charge in [0, 0.05) is 16.1 Å². The highest BCUT2D eigenvalue weighted by atomic mass is 79.9. The van der Waals surface area contributed by atoms with E-state index in [4.69, 9.17) is 4.74 Å². The Bertz CT molecular complexity index is 579. The Hall–Kier alpha value is -1.32. The fourth-order valence-electron chi connectivity index (χ4n) is 2.25. The second-order valence-electron chi connectivity index (χ2n) is 4.80. The lowest BCUT2D eigenvalue weighted by molar-refractivity contribution is 0.458. The summed E-state index contributed by atoms with van der Waals surface area (Å²) in [5.74, 6) is 1.78. The van der Waals surface area contributed by atoms with Gasteiger partial charge in [0.25, 0.3) is 0 Å². The van der Waals surface area contributed by atoms with E-state index in [-0.39, 0.29) is 0 Å². The summed E-state index contributed by atoms with van der Waals surface area (Å²) in [6.07, 6.45) is 1.02. The van der Waals surface area contributed by atoms with Crippen LogP contribution in [-0.2, 0) is 0 Å². The Balaban J connectivity index is 2.31.